The number of aliphatic hydroxyl groups is 1. The van der Waals surface area contributed by atoms with Crippen LogP contribution in [0.3, 0.4) is 0 Å². The van der Waals surface area contributed by atoms with Gasteiger partial charge >= 0.3 is 0 Å². The van der Waals surface area contributed by atoms with Gasteiger partial charge in [-0.1, -0.05) is 0 Å². The second-order valence-corrected chi connectivity index (χ2v) is 3.97. The summed E-state index contributed by atoms with van der Waals surface area (Å²) in [6.45, 7) is 4.86. The number of nitrogens with one attached hydrogen (secondary N) is 1. The summed E-state index contributed by atoms with van der Waals surface area (Å²) in [6.07, 6.45) is 3.64. The molecule has 1 saturated carbocycles. The fourth-order valence-corrected chi connectivity index (χ4v) is 2.13. The lowest BCUT2D eigenvalue weighted by molar-refractivity contribution is 0.129. The smallest absolute Gasteiger partial charge is 0.0443 e. The number of hydrogen-bond acceptors (Lipinski definition) is 3. The third-order valence-electron chi connectivity index (χ3n) is 3.10. The fraction of sp³-hybridized carbons (Fsp3) is 1.00. The van der Waals surface area contributed by atoms with Crippen molar-refractivity contribution < 1.29 is 5.11 Å². The summed E-state index contributed by atoms with van der Waals surface area (Å²) in [5.74, 6) is 0. The number of rotatable bonds is 3. The number of hydrogen-bond donors (Lipinski definition) is 2. The number of halogens is 1. The second kappa shape index (κ2) is 4.73. The van der Waals surface area contributed by atoms with Crippen molar-refractivity contribution in [3.8, 4) is 0 Å². The van der Waals surface area contributed by atoms with Crippen LogP contribution < -0.4 is 5.32 Å². The lowest BCUT2D eigenvalue weighted by atomic mass is 10.1. The number of aliphatic hydroxyl groups excluding tert-OH is 1. The third-order valence-corrected chi connectivity index (χ3v) is 3.10. The Bertz CT molecular complexity index is 162. The molecule has 0 unspecified atom stereocenters. The van der Waals surface area contributed by atoms with Gasteiger partial charge in [0, 0.05) is 38.3 Å². The maximum absolute atomic E-state index is 8.75. The predicted molar refractivity (Wildman–Crippen MR) is 58.4 cm³/mol. The molecular weight excluding hydrogens is 232 g/mol. The summed E-state index contributed by atoms with van der Waals surface area (Å²) in [6, 6.07) is 0. The monoisotopic (exact) mass is 250 g/mol. The van der Waals surface area contributed by atoms with E-state index in [-0.39, 0.29) is 17.0 Å². The molecule has 1 saturated heterocycles. The van der Waals surface area contributed by atoms with Crippen molar-refractivity contribution in [3.63, 3.8) is 0 Å². The quantitative estimate of drug-likeness (QED) is 0.761. The minimum atomic E-state index is 0. The molecule has 0 aromatic rings. The van der Waals surface area contributed by atoms with Crippen molar-refractivity contribution in [1.29, 1.82) is 0 Å². The summed E-state index contributed by atoms with van der Waals surface area (Å²) in [5.41, 5.74) is 0.507. The van der Waals surface area contributed by atoms with E-state index in [4.69, 9.17) is 5.11 Å². The average Bonchev–Trinajstić information content (AvgIpc) is 2.85. The lowest BCUT2D eigenvalue weighted by Crippen LogP contribution is -2.53. The largest absolute Gasteiger partial charge is 0.396 e. The molecule has 2 N–H and O–H groups in total. The Morgan fingerprint density at radius 3 is 2.77 bits per heavy atom. The molecule has 2 rings (SSSR count). The normalized spacial score (nSPS) is 25.6. The van der Waals surface area contributed by atoms with Gasteiger partial charge in [0.05, 0.1) is 0 Å². The third kappa shape index (κ3) is 2.43. The van der Waals surface area contributed by atoms with Gasteiger partial charge in [0.15, 0.2) is 0 Å². The molecule has 78 valence electrons. The molecule has 1 heterocycles. The first kappa shape index (κ1) is 11.4. The predicted octanol–water partition coefficient (Wildman–Crippen LogP) is 0.384. The highest BCUT2D eigenvalue weighted by atomic mass is 79.9. The molecule has 0 radical (unpaired) electrons. The minimum Gasteiger partial charge on any atom is -0.396 e. The van der Waals surface area contributed by atoms with Crippen LogP contribution in [0.4, 0.5) is 0 Å². The van der Waals surface area contributed by atoms with E-state index >= 15 is 0 Å². The van der Waals surface area contributed by atoms with Crippen LogP contribution >= 0.6 is 17.0 Å². The first-order valence-electron chi connectivity index (χ1n) is 4.94. The van der Waals surface area contributed by atoms with Crippen LogP contribution in [0, 0.1) is 0 Å². The molecule has 1 aliphatic heterocycles. The molecule has 1 aliphatic carbocycles. The Kier molecular flexibility index (Phi) is 4.16. The van der Waals surface area contributed by atoms with Gasteiger partial charge in [0.2, 0.25) is 0 Å². The van der Waals surface area contributed by atoms with E-state index < -0.39 is 0 Å². The maximum atomic E-state index is 8.75. The Morgan fingerprint density at radius 1 is 1.38 bits per heavy atom. The van der Waals surface area contributed by atoms with Crippen molar-refractivity contribution in [2.45, 2.75) is 24.8 Å². The van der Waals surface area contributed by atoms with Crippen molar-refractivity contribution in [2.24, 2.45) is 0 Å². The van der Waals surface area contributed by atoms with Gasteiger partial charge in [-0.05, 0) is 19.3 Å². The van der Waals surface area contributed by atoms with E-state index in [1.165, 1.54) is 25.9 Å². The van der Waals surface area contributed by atoms with Crippen LogP contribution in [0.15, 0.2) is 0 Å². The SMILES string of the molecule is Br.OCCCN1CCNCC12CC2. The summed E-state index contributed by atoms with van der Waals surface area (Å²) in [4.78, 5) is 2.56. The standard InChI is InChI=1S/C9H18N2O.BrH/c12-7-1-5-11-6-4-10-8-9(11)2-3-9;/h10,12H,1-8H2;1H. The van der Waals surface area contributed by atoms with Crippen LogP contribution in [-0.4, -0.2) is 48.3 Å². The fourth-order valence-electron chi connectivity index (χ4n) is 2.13. The number of piperazine rings is 1. The minimum absolute atomic E-state index is 0. The first-order chi connectivity index (χ1) is 5.87. The Hall–Kier alpha value is 0.360. The van der Waals surface area contributed by atoms with E-state index in [0.29, 0.717) is 12.1 Å². The molecule has 0 atom stereocenters. The molecule has 2 aliphatic rings. The summed E-state index contributed by atoms with van der Waals surface area (Å²) >= 11 is 0. The molecule has 1 spiro atoms. The molecular formula is C9H19BrN2O. The van der Waals surface area contributed by atoms with Gasteiger partial charge in [-0.15, -0.1) is 17.0 Å². The Morgan fingerprint density at radius 2 is 2.15 bits per heavy atom. The highest BCUT2D eigenvalue weighted by Gasteiger charge is 2.48. The van der Waals surface area contributed by atoms with Crippen LogP contribution in [-0.2, 0) is 0 Å². The topological polar surface area (TPSA) is 35.5 Å². The first-order valence-corrected chi connectivity index (χ1v) is 4.94. The average molecular weight is 251 g/mol. The van der Waals surface area contributed by atoms with Crippen molar-refractivity contribution >= 4 is 17.0 Å². The van der Waals surface area contributed by atoms with E-state index in [1.807, 2.05) is 0 Å². The molecule has 0 bridgehead atoms. The molecule has 0 amide bonds. The van der Waals surface area contributed by atoms with E-state index in [0.717, 1.165) is 19.5 Å². The second-order valence-electron chi connectivity index (χ2n) is 3.97. The zero-order valence-electron chi connectivity index (χ0n) is 7.96. The molecule has 0 aromatic carbocycles. The highest BCUT2D eigenvalue weighted by Crippen LogP contribution is 2.42. The van der Waals surface area contributed by atoms with Crippen molar-refractivity contribution in [2.75, 3.05) is 32.8 Å². The highest BCUT2D eigenvalue weighted by molar-refractivity contribution is 8.93. The molecule has 4 heteroatoms. The molecule has 3 nitrogen and oxygen atoms in total. The van der Waals surface area contributed by atoms with Gasteiger partial charge in [0.25, 0.3) is 0 Å². The van der Waals surface area contributed by atoms with Crippen LogP contribution in [0.25, 0.3) is 0 Å². The summed E-state index contributed by atoms with van der Waals surface area (Å²) in [5, 5.41) is 12.2. The number of nitrogens with zero attached hydrogens (tertiary/aromatic N) is 1. The van der Waals surface area contributed by atoms with Gasteiger partial charge in [0.1, 0.15) is 0 Å². The van der Waals surface area contributed by atoms with Gasteiger partial charge in [-0.3, -0.25) is 4.90 Å². The maximum Gasteiger partial charge on any atom is 0.0443 e. The van der Waals surface area contributed by atoms with Gasteiger partial charge in [-0.25, -0.2) is 0 Å². The summed E-state index contributed by atoms with van der Waals surface area (Å²) < 4.78 is 0. The van der Waals surface area contributed by atoms with Crippen LogP contribution in [0.1, 0.15) is 19.3 Å². The molecule has 2 fully saturated rings. The van der Waals surface area contributed by atoms with Gasteiger partial charge in [-0.2, -0.15) is 0 Å². The Labute approximate surface area is 90.3 Å². The van der Waals surface area contributed by atoms with Crippen molar-refractivity contribution in [3.05, 3.63) is 0 Å². The van der Waals surface area contributed by atoms with E-state index in [9.17, 15) is 0 Å². The van der Waals surface area contributed by atoms with Crippen molar-refractivity contribution in [1.82, 2.24) is 10.2 Å². The van der Waals surface area contributed by atoms with E-state index in [1.54, 1.807) is 0 Å². The molecule has 0 aromatic heterocycles. The van der Waals surface area contributed by atoms with Crippen LogP contribution in [0.5, 0.6) is 0 Å². The Balaban J connectivity index is 0.000000845. The zero-order chi connectivity index (χ0) is 8.44. The lowest BCUT2D eigenvalue weighted by Gasteiger charge is -2.36. The van der Waals surface area contributed by atoms with E-state index in [2.05, 4.69) is 10.2 Å². The molecule has 13 heavy (non-hydrogen) atoms. The van der Waals surface area contributed by atoms with Crippen LogP contribution in [0.2, 0.25) is 0 Å². The summed E-state index contributed by atoms with van der Waals surface area (Å²) in [7, 11) is 0. The van der Waals surface area contributed by atoms with Gasteiger partial charge < -0.3 is 10.4 Å². The zero-order valence-corrected chi connectivity index (χ0v) is 9.67.